The van der Waals surface area contributed by atoms with Crippen LogP contribution in [0.3, 0.4) is 0 Å². The van der Waals surface area contributed by atoms with Gasteiger partial charge in [0.15, 0.2) is 0 Å². The summed E-state index contributed by atoms with van der Waals surface area (Å²) in [5.41, 5.74) is 1.35. The van der Waals surface area contributed by atoms with Crippen molar-refractivity contribution in [3.05, 3.63) is 71.8 Å². The molecule has 0 heterocycles. The van der Waals surface area contributed by atoms with Crippen LogP contribution in [0.2, 0.25) is 0 Å². The van der Waals surface area contributed by atoms with E-state index in [1.54, 1.807) is 60.7 Å². The van der Waals surface area contributed by atoms with E-state index in [2.05, 4.69) is 15.7 Å². The number of carbonyl (C=O) groups excluding carboxylic acids is 2. The summed E-state index contributed by atoms with van der Waals surface area (Å²) in [5, 5.41) is 17.7. The van der Waals surface area contributed by atoms with Crippen molar-refractivity contribution in [2.75, 3.05) is 0 Å². The molecule has 0 aliphatic carbocycles. The lowest BCUT2D eigenvalue weighted by Gasteiger charge is -2.25. The summed E-state index contributed by atoms with van der Waals surface area (Å²) in [7, 11) is 0. The predicted octanol–water partition coefficient (Wildman–Crippen LogP) is 1.81. The van der Waals surface area contributed by atoms with E-state index >= 15 is 0 Å². The minimum atomic E-state index is -1.54. The second-order valence-electron chi connectivity index (χ2n) is 6.87. The topological polar surface area (TPSA) is 142 Å². The Morgan fingerprint density at radius 2 is 1.52 bits per heavy atom. The number of rotatable bonds is 10. The van der Waals surface area contributed by atoms with Gasteiger partial charge in [0.2, 0.25) is 5.91 Å². The lowest BCUT2D eigenvalue weighted by Crippen LogP contribution is -2.56. The van der Waals surface area contributed by atoms with Crippen molar-refractivity contribution in [1.82, 2.24) is 10.6 Å². The molecule has 9 nitrogen and oxygen atoms in total. The molecule has 2 aromatic carbocycles. The van der Waals surface area contributed by atoms with Crippen molar-refractivity contribution < 1.29 is 34.1 Å². The lowest BCUT2D eigenvalue weighted by molar-refractivity contribution is -0.146. The third kappa shape index (κ3) is 7.46. The van der Waals surface area contributed by atoms with Gasteiger partial charge in [0, 0.05) is 0 Å². The molecule has 0 saturated carbocycles. The second kappa shape index (κ2) is 11.3. The van der Waals surface area contributed by atoms with Crippen LogP contribution in [-0.4, -0.2) is 46.2 Å². The fraction of sp³-hybridized carbons (Fsp3) is 0.273. The Morgan fingerprint density at radius 1 is 0.935 bits per heavy atom. The molecule has 164 valence electrons. The lowest BCUT2D eigenvalue weighted by atomic mass is 9.91. The molecule has 0 spiro atoms. The number of amides is 2. The van der Waals surface area contributed by atoms with Gasteiger partial charge in [-0.25, -0.2) is 4.79 Å². The Morgan fingerprint density at radius 3 is 2.06 bits per heavy atom. The summed E-state index contributed by atoms with van der Waals surface area (Å²) >= 11 is 0. The van der Waals surface area contributed by atoms with Gasteiger partial charge in [-0.05, 0) is 24.5 Å². The van der Waals surface area contributed by atoms with Crippen LogP contribution in [0.25, 0.3) is 1.43 Å². The van der Waals surface area contributed by atoms with Crippen LogP contribution in [0.15, 0.2) is 60.7 Å². The summed E-state index contributed by atoms with van der Waals surface area (Å²) in [5.74, 6) is -4.60. The Hall–Kier alpha value is -3.88. The number of carbonyl (C=O) groups is 4. The molecule has 0 aliphatic rings. The van der Waals surface area contributed by atoms with Crippen LogP contribution < -0.4 is 10.6 Å². The van der Waals surface area contributed by atoms with Crippen molar-refractivity contribution in [1.29, 1.82) is 1.43 Å². The van der Waals surface area contributed by atoms with Gasteiger partial charge in [-0.3, -0.25) is 14.4 Å². The number of ether oxygens (including phenoxy) is 1. The smallest absolute Gasteiger partial charge is 0.408 e. The number of alkyl carbamates (subject to hydrolysis) is 1. The Bertz CT molecular complexity index is 924. The average Bonchev–Trinajstić information content (AvgIpc) is 2.80. The van der Waals surface area contributed by atoms with Crippen molar-refractivity contribution in [3.63, 3.8) is 0 Å². The first-order chi connectivity index (χ1) is 15.3. The van der Waals surface area contributed by atoms with Crippen molar-refractivity contribution >= 4 is 23.9 Å². The molecule has 3 atom stereocenters. The summed E-state index contributed by atoms with van der Waals surface area (Å²) in [6.07, 6.45) is -1.04. The maximum atomic E-state index is 12.8. The van der Waals surface area contributed by atoms with Crippen molar-refractivity contribution in [2.45, 2.75) is 32.0 Å². The molecular formula is C22H24N2O7. The molecule has 31 heavy (non-hydrogen) atoms. The fourth-order valence-corrected chi connectivity index (χ4v) is 2.81. The maximum Gasteiger partial charge on any atom is 0.408 e. The van der Waals surface area contributed by atoms with E-state index in [1.165, 1.54) is 6.92 Å². The van der Waals surface area contributed by atoms with Crippen LogP contribution >= 0.6 is 0 Å². The molecule has 0 aromatic heterocycles. The van der Waals surface area contributed by atoms with E-state index in [0.717, 1.165) is 0 Å². The van der Waals surface area contributed by atoms with E-state index in [9.17, 15) is 19.2 Å². The number of aliphatic carboxylic acids is 2. The Kier molecular flexibility index (Phi) is 7.98. The monoisotopic (exact) mass is 429 g/mol. The standard InChI is InChI=1S/C22H24N2O7/c1-14(20(26)27)23-19(25)18(17(21(28)29)12-15-8-4-2-5-9-15)24-22(30)31-13-16-10-6-3-7-11-16/h2-11,14,17-18H,12-13H2,1H3,(H,23,25)(H,24,30)(H,26,27)(H,28,29)/t14-,17?,18-/m0/s1/i/hD. The summed E-state index contributed by atoms with van der Waals surface area (Å²) in [4.78, 5) is 48.7. The van der Waals surface area contributed by atoms with Crippen LogP contribution in [0.1, 0.15) is 18.1 Å². The first kappa shape index (κ1) is 21.8. The van der Waals surface area contributed by atoms with E-state index in [0.29, 0.717) is 11.1 Å². The third-order valence-electron chi connectivity index (χ3n) is 4.50. The van der Waals surface area contributed by atoms with Crippen LogP contribution in [-0.2, 0) is 32.1 Å². The molecule has 0 saturated heterocycles. The summed E-state index contributed by atoms with van der Waals surface area (Å²) in [6, 6.07) is 14.6. The van der Waals surface area contributed by atoms with E-state index in [4.69, 9.17) is 11.3 Å². The largest absolute Gasteiger partial charge is 0.481 e. The SMILES string of the molecule is [2H]OC(=O)C(Cc1ccccc1)[C@H](NC(=O)OCc1ccccc1)C(=O)N[C@@H](C)C(=O)O. The van der Waals surface area contributed by atoms with Gasteiger partial charge in [-0.1, -0.05) is 60.7 Å². The molecule has 0 aliphatic heterocycles. The van der Waals surface area contributed by atoms with Gasteiger partial charge in [-0.15, -0.1) is 0 Å². The molecule has 0 fully saturated rings. The molecule has 2 amide bonds. The molecule has 4 N–H and O–H groups in total. The Balaban J connectivity index is 2.23. The minimum absolute atomic E-state index is 0.0446. The molecule has 0 radical (unpaired) electrons. The number of carboxylic acid groups (broad SMARTS) is 2. The highest BCUT2D eigenvalue weighted by molar-refractivity contribution is 5.92. The molecule has 2 aromatic rings. The highest BCUT2D eigenvalue weighted by Crippen LogP contribution is 2.15. The average molecular weight is 429 g/mol. The molecule has 0 bridgehead atoms. The number of benzene rings is 2. The highest BCUT2D eigenvalue weighted by Gasteiger charge is 2.36. The number of carboxylic acids is 2. The zero-order chi connectivity index (χ0) is 23.5. The van der Waals surface area contributed by atoms with E-state index < -0.39 is 41.9 Å². The van der Waals surface area contributed by atoms with Gasteiger partial charge < -0.3 is 25.6 Å². The van der Waals surface area contributed by atoms with E-state index in [-0.39, 0.29) is 13.0 Å². The first-order valence-corrected chi connectivity index (χ1v) is 9.53. The zero-order valence-electron chi connectivity index (χ0n) is 17.8. The normalized spacial score (nSPS) is 13.6. The van der Waals surface area contributed by atoms with E-state index in [1.807, 2.05) is 0 Å². The summed E-state index contributed by atoms with van der Waals surface area (Å²) < 4.78 is 12.1. The van der Waals surface area contributed by atoms with Gasteiger partial charge in [0.25, 0.3) is 1.43 Å². The molecular weight excluding hydrogens is 404 g/mol. The second-order valence-corrected chi connectivity index (χ2v) is 6.87. The highest BCUT2D eigenvalue weighted by atomic mass is 16.5. The van der Waals surface area contributed by atoms with Crippen molar-refractivity contribution in [3.8, 4) is 0 Å². The molecule has 9 heteroatoms. The van der Waals surface area contributed by atoms with Gasteiger partial charge >= 0.3 is 18.0 Å². The molecule has 2 rings (SSSR count). The van der Waals surface area contributed by atoms with Gasteiger partial charge in [-0.2, -0.15) is 0 Å². The number of hydrogen-bond donors (Lipinski definition) is 4. The van der Waals surface area contributed by atoms with Gasteiger partial charge in [0.05, 0.1) is 5.92 Å². The number of nitrogens with one attached hydrogen (secondary N) is 2. The van der Waals surface area contributed by atoms with Crippen LogP contribution in [0, 0.1) is 5.92 Å². The maximum absolute atomic E-state index is 12.8. The van der Waals surface area contributed by atoms with Crippen LogP contribution in [0.4, 0.5) is 4.79 Å². The quantitative estimate of drug-likeness (QED) is 0.451. The predicted molar refractivity (Wildman–Crippen MR) is 110 cm³/mol. The molecule has 1 unspecified atom stereocenters. The van der Waals surface area contributed by atoms with Crippen molar-refractivity contribution in [2.24, 2.45) is 5.92 Å². The number of hydrogen-bond acceptors (Lipinski definition) is 6. The third-order valence-corrected chi connectivity index (χ3v) is 4.50. The summed E-state index contributed by atoms with van der Waals surface area (Å²) in [6.45, 7) is 1.15. The van der Waals surface area contributed by atoms with Crippen LogP contribution in [0.5, 0.6) is 0 Å². The fourth-order valence-electron chi connectivity index (χ4n) is 2.81. The Labute approximate surface area is 180 Å². The van der Waals surface area contributed by atoms with Gasteiger partial charge in [0.1, 0.15) is 18.7 Å². The minimum Gasteiger partial charge on any atom is -0.481 e. The zero-order valence-corrected chi connectivity index (χ0v) is 16.8. The first-order valence-electron chi connectivity index (χ1n) is 9.94.